The van der Waals surface area contributed by atoms with E-state index in [1.165, 1.54) is 6.42 Å². The zero-order valence-corrected chi connectivity index (χ0v) is 11.0. The van der Waals surface area contributed by atoms with Crippen molar-refractivity contribution in [3.63, 3.8) is 0 Å². The lowest BCUT2D eigenvalue weighted by atomic mass is 9.83. The molecule has 1 atom stereocenters. The standard InChI is InChI=1S/C14H22N2O2/c1-16-10-11(9-15-16)7-8-13(17)14(18)12-5-3-2-4-6-12/h9-10,12,14,18H,2-8H2,1H3. The number of aryl methyl sites for hydroxylation is 2. The van der Waals surface area contributed by atoms with Crippen molar-refractivity contribution in [2.75, 3.05) is 0 Å². The van der Waals surface area contributed by atoms with Gasteiger partial charge in [-0.15, -0.1) is 0 Å². The first-order valence-electron chi connectivity index (χ1n) is 6.85. The number of aliphatic hydroxyl groups is 1. The normalized spacial score (nSPS) is 18.8. The predicted molar refractivity (Wildman–Crippen MR) is 69.1 cm³/mol. The highest BCUT2D eigenvalue weighted by molar-refractivity contribution is 5.83. The summed E-state index contributed by atoms with van der Waals surface area (Å²) in [7, 11) is 1.86. The van der Waals surface area contributed by atoms with Crippen LogP contribution in [0.5, 0.6) is 0 Å². The van der Waals surface area contributed by atoms with Crippen LogP contribution in [0.2, 0.25) is 0 Å². The molecule has 0 aromatic carbocycles. The number of rotatable bonds is 5. The van der Waals surface area contributed by atoms with E-state index in [9.17, 15) is 9.90 Å². The number of Topliss-reactive ketones (excluding diaryl/α,β-unsaturated/α-hetero) is 1. The molecule has 0 amide bonds. The van der Waals surface area contributed by atoms with Crippen molar-refractivity contribution < 1.29 is 9.90 Å². The van der Waals surface area contributed by atoms with Crippen LogP contribution in [0.15, 0.2) is 12.4 Å². The number of carbonyl (C=O) groups is 1. The van der Waals surface area contributed by atoms with Gasteiger partial charge in [0.2, 0.25) is 0 Å². The summed E-state index contributed by atoms with van der Waals surface area (Å²) in [5.41, 5.74) is 1.06. The third kappa shape index (κ3) is 3.42. The summed E-state index contributed by atoms with van der Waals surface area (Å²) in [5, 5.41) is 14.1. The zero-order chi connectivity index (χ0) is 13.0. The van der Waals surface area contributed by atoms with Gasteiger partial charge in [0, 0.05) is 19.7 Å². The van der Waals surface area contributed by atoms with Crippen molar-refractivity contribution in [2.24, 2.45) is 13.0 Å². The van der Waals surface area contributed by atoms with Gasteiger partial charge >= 0.3 is 0 Å². The Kier molecular flexibility index (Phi) is 4.53. The topological polar surface area (TPSA) is 55.1 Å². The first-order valence-corrected chi connectivity index (χ1v) is 6.85. The Morgan fingerprint density at radius 3 is 2.83 bits per heavy atom. The van der Waals surface area contributed by atoms with E-state index in [0.29, 0.717) is 12.8 Å². The Balaban J connectivity index is 1.79. The maximum Gasteiger partial charge on any atom is 0.161 e. The molecule has 100 valence electrons. The summed E-state index contributed by atoms with van der Waals surface area (Å²) in [5.74, 6) is 0.186. The molecule has 1 aromatic rings. The molecule has 1 saturated carbocycles. The maximum absolute atomic E-state index is 11.9. The van der Waals surface area contributed by atoms with Crippen molar-refractivity contribution in [1.29, 1.82) is 0 Å². The Labute approximate surface area is 108 Å². The van der Waals surface area contributed by atoms with Crippen LogP contribution in [0.25, 0.3) is 0 Å². The molecular weight excluding hydrogens is 228 g/mol. The van der Waals surface area contributed by atoms with Gasteiger partial charge in [0.15, 0.2) is 5.78 Å². The van der Waals surface area contributed by atoms with Gasteiger partial charge in [-0.25, -0.2) is 0 Å². The highest BCUT2D eigenvalue weighted by Crippen LogP contribution is 2.27. The molecule has 1 fully saturated rings. The highest BCUT2D eigenvalue weighted by Gasteiger charge is 2.26. The minimum atomic E-state index is -0.748. The van der Waals surface area contributed by atoms with Gasteiger partial charge in [0.05, 0.1) is 6.20 Å². The van der Waals surface area contributed by atoms with Gasteiger partial charge in [0.25, 0.3) is 0 Å². The van der Waals surface area contributed by atoms with E-state index in [0.717, 1.165) is 31.2 Å². The molecule has 1 aliphatic carbocycles. The summed E-state index contributed by atoms with van der Waals surface area (Å²) < 4.78 is 1.73. The second-order valence-corrected chi connectivity index (χ2v) is 5.33. The summed E-state index contributed by atoms with van der Waals surface area (Å²) >= 11 is 0. The Hall–Kier alpha value is -1.16. The molecule has 2 rings (SSSR count). The fraction of sp³-hybridized carbons (Fsp3) is 0.714. The predicted octanol–water partition coefficient (Wildman–Crippen LogP) is 1.86. The lowest BCUT2D eigenvalue weighted by molar-refractivity contribution is -0.130. The van der Waals surface area contributed by atoms with Crippen molar-refractivity contribution in [3.05, 3.63) is 18.0 Å². The van der Waals surface area contributed by atoms with Crippen molar-refractivity contribution in [2.45, 2.75) is 51.0 Å². The van der Waals surface area contributed by atoms with Gasteiger partial charge in [-0.2, -0.15) is 5.10 Å². The van der Waals surface area contributed by atoms with Gasteiger partial charge in [-0.1, -0.05) is 19.3 Å². The number of nitrogens with zero attached hydrogens (tertiary/aromatic N) is 2. The molecule has 1 unspecified atom stereocenters. The van der Waals surface area contributed by atoms with E-state index in [4.69, 9.17) is 0 Å². The van der Waals surface area contributed by atoms with Crippen molar-refractivity contribution in [1.82, 2.24) is 9.78 Å². The van der Waals surface area contributed by atoms with Gasteiger partial charge in [-0.05, 0) is 30.7 Å². The Morgan fingerprint density at radius 1 is 1.50 bits per heavy atom. The van der Waals surface area contributed by atoms with Crippen LogP contribution in [-0.4, -0.2) is 26.8 Å². The molecule has 1 heterocycles. The fourth-order valence-electron chi connectivity index (χ4n) is 2.73. The molecule has 0 bridgehead atoms. The fourth-order valence-corrected chi connectivity index (χ4v) is 2.73. The Bertz CT molecular complexity index is 394. The molecule has 1 aromatic heterocycles. The average Bonchev–Trinajstić information content (AvgIpc) is 2.82. The SMILES string of the molecule is Cn1cc(CCC(=O)C(O)C2CCCCC2)cn1. The van der Waals surface area contributed by atoms with E-state index in [1.807, 2.05) is 13.2 Å². The smallest absolute Gasteiger partial charge is 0.161 e. The number of aromatic nitrogens is 2. The number of ketones is 1. The van der Waals surface area contributed by atoms with E-state index < -0.39 is 6.10 Å². The number of hydrogen-bond acceptors (Lipinski definition) is 3. The quantitative estimate of drug-likeness (QED) is 0.868. The molecule has 18 heavy (non-hydrogen) atoms. The zero-order valence-electron chi connectivity index (χ0n) is 11.0. The van der Waals surface area contributed by atoms with Crippen LogP contribution >= 0.6 is 0 Å². The molecular formula is C14H22N2O2. The van der Waals surface area contributed by atoms with Gasteiger partial charge < -0.3 is 5.11 Å². The molecule has 0 radical (unpaired) electrons. The minimum Gasteiger partial charge on any atom is -0.385 e. The minimum absolute atomic E-state index is 0.00856. The van der Waals surface area contributed by atoms with E-state index in [-0.39, 0.29) is 11.7 Å². The molecule has 0 aliphatic heterocycles. The lowest BCUT2D eigenvalue weighted by Crippen LogP contribution is -2.31. The first-order chi connectivity index (χ1) is 8.66. The second-order valence-electron chi connectivity index (χ2n) is 5.33. The monoisotopic (exact) mass is 250 g/mol. The van der Waals surface area contributed by atoms with Crippen molar-refractivity contribution in [3.8, 4) is 0 Å². The summed E-state index contributed by atoms with van der Waals surface area (Å²) in [6.45, 7) is 0. The summed E-state index contributed by atoms with van der Waals surface area (Å²) in [4.78, 5) is 11.9. The van der Waals surface area contributed by atoms with Gasteiger partial charge in [-0.3, -0.25) is 9.48 Å². The highest BCUT2D eigenvalue weighted by atomic mass is 16.3. The molecule has 0 spiro atoms. The van der Waals surface area contributed by atoms with Crippen LogP contribution in [0, 0.1) is 5.92 Å². The largest absolute Gasteiger partial charge is 0.385 e. The summed E-state index contributed by atoms with van der Waals surface area (Å²) in [6.07, 6.45) is 9.59. The van der Waals surface area contributed by atoms with E-state index >= 15 is 0 Å². The number of aliphatic hydroxyl groups excluding tert-OH is 1. The van der Waals surface area contributed by atoms with Crippen LogP contribution in [0.3, 0.4) is 0 Å². The lowest BCUT2D eigenvalue weighted by Gasteiger charge is -2.25. The maximum atomic E-state index is 11.9. The molecule has 1 aliphatic rings. The third-order valence-electron chi connectivity index (χ3n) is 3.84. The average molecular weight is 250 g/mol. The number of hydrogen-bond donors (Lipinski definition) is 1. The van der Waals surface area contributed by atoms with Crippen LogP contribution in [0.1, 0.15) is 44.1 Å². The first kappa shape index (κ1) is 13.3. The van der Waals surface area contributed by atoms with Crippen LogP contribution in [-0.2, 0) is 18.3 Å². The van der Waals surface area contributed by atoms with E-state index in [2.05, 4.69) is 5.10 Å². The van der Waals surface area contributed by atoms with Gasteiger partial charge in [0.1, 0.15) is 6.10 Å². The third-order valence-corrected chi connectivity index (χ3v) is 3.84. The Morgan fingerprint density at radius 2 is 2.22 bits per heavy atom. The second kappa shape index (κ2) is 6.14. The molecule has 4 heteroatoms. The molecule has 4 nitrogen and oxygen atoms in total. The van der Waals surface area contributed by atoms with Crippen LogP contribution < -0.4 is 0 Å². The molecule has 1 N–H and O–H groups in total. The summed E-state index contributed by atoms with van der Waals surface area (Å²) in [6, 6.07) is 0. The molecule has 0 saturated heterocycles. The van der Waals surface area contributed by atoms with Crippen molar-refractivity contribution >= 4 is 5.78 Å². The van der Waals surface area contributed by atoms with Crippen LogP contribution in [0.4, 0.5) is 0 Å². The number of carbonyl (C=O) groups excluding carboxylic acids is 1. The van der Waals surface area contributed by atoms with E-state index in [1.54, 1.807) is 10.9 Å².